The Kier molecular flexibility index (Phi) is 2.43. The molecule has 11 heavy (non-hydrogen) atoms. The Hall–Kier alpha value is -1.10. The smallest absolute Gasteiger partial charge is 0.286 e. The van der Waals surface area contributed by atoms with E-state index in [1.165, 1.54) is 11.0 Å². The van der Waals surface area contributed by atoms with Crippen LogP contribution in [0, 0.1) is 0 Å². The summed E-state index contributed by atoms with van der Waals surface area (Å²) in [5, 5.41) is 3.75. The normalized spacial score (nSPS) is 9.91. The summed E-state index contributed by atoms with van der Waals surface area (Å²) >= 11 is 5.43. The summed E-state index contributed by atoms with van der Waals surface area (Å²) in [6, 6.07) is 0. The second kappa shape index (κ2) is 3.34. The molecule has 0 aliphatic heterocycles. The third-order valence-electron chi connectivity index (χ3n) is 1.13. The van der Waals surface area contributed by atoms with Crippen molar-refractivity contribution < 1.29 is 4.79 Å². The Labute approximate surface area is 68.2 Å². The molecule has 6 heteroatoms. The van der Waals surface area contributed by atoms with Gasteiger partial charge in [0.25, 0.3) is 5.91 Å². The molecule has 0 saturated carbocycles. The largest absolute Gasteiger partial charge is 0.363 e. The number of aryl methyl sites for hydroxylation is 1. The minimum Gasteiger partial charge on any atom is -0.363 e. The summed E-state index contributed by atoms with van der Waals surface area (Å²) in [6.45, 7) is 0.444. The Bertz CT molecular complexity index is 259. The summed E-state index contributed by atoms with van der Waals surface area (Å²) in [5.41, 5.74) is 4.98. The summed E-state index contributed by atoms with van der Waals surface area (Å²) in [7, 11) is 0. The van der Waals surface area contributed by atoms with Crippen LogP contribution in [0.4, 0.5) is 0 Å². The topological polar surface area (TPSA) is 73.8 Å². The van der Waals surface area contributed by atoms with Gasteiger partial charge in [0.1, 0.15) is 6.33 Å². The first-order valence-corrected chi connectivity index (χ1v) is 3.52. The third kappa shape index (κ3) is 1.68. The molecule has 0 unspecified atom stereocenters. The summed E-state index contributed by atoms with van der Waals surface area (Å²) < 4.78 is 1.37. The average Bonchev–Trinajstić information content (AvgIpc) is 2.36. The van der Waals surface area contributed by atoms with Gasteiger partial charge in [0.15, 0.2) is 0 Å². The minimum absolute atomic E-state index is 0.144. The van der Waals surface area contributed by atoms with E-state index in [9.17, 15) is 4.79 Å². The predicted molar refractivity (Wildman–Crippen MR) is 39.3 cm³/mol. The first kappa shape index (κ1) is 8.00. The van der Waals surface area contributed by atoms with Crippen LogP contribution in [0.15, 0.2) is 6.33 Å². The van der Waals surface area contributed by atoms with Gasteiger partial charge >= 0.3 is 0 Å². The standard InChI is InChI=1S/C5H7ClN4O/c6-1-2-10-5(4(7)11)8-3-9-10/h3H,1-2H2,(H2,7,11). The van der Waals surface area contributed by atoms with E-state index in [-0.39, 0.29) is 5.82 Å². The maximum absolute atomic E-state index is 10.6. The van der Waals surface area contributed by atoms with Crippen molar-refractivity contribution in [2.75, 3.05) is 5.88 Å². The molecule has 1 rings (SSSR count). The van der Waals surface area contributed by atoms with Gasteiger partial charge in [-0.25, -0.2) is 9.67 Å². The van der Waals surface area contributed by atoms with E-state index in [0.717, 1.165) is 0 Å². The van der Waals surface area contributed by atoms with E-state index in [0.29, 0.717) is 12.4 Å². The fourth-order valence-corrected chi connectivity index (χ4v) is 0.859. The molecule has 0 aromatic carbocycles. The number of carbonyl (C=O) groups is 1. The summed E-state index contributed by atoms with van der Waals surface area (Å²) in [4.78, 5) is 14.3. The Morgan fingerprint density at radius 1 is 1.82 bits per heavy atom. The van der Waals surface area contributed by atoms with Crippen LogP contribution < -0.4 is 5.73 Å². The lowest BCUT2D eigenvalue weighted by atomic mass is 10.5. The van der Waals surface area contributed by atoms with E-state index >= 15 is 0 Å². The highest BCUT2D eigenvalue weighted by Gasteiger charge is 2.08. The lowest BCUT2D eigenvalue weighted by molar-refractivity contribution is 0.0985. The molecule has 0 radical (unpaired) electrons. The van der Waals surface area contributed by atoms with Crippen LogP contribution in [-0.4, -0.2) is 26.6 Å². The van der Waals surface area contributed by atoms with Gasteiger partial charge in [-0.2, -0.15) is 5.10 Å². The highest BCUT2D eigenvalue weighted by Crippen LogP contribution is 1.92. The zero-order valence-corrected chi connectivity index (χ0v) is 6.45. The number of hydrogen-bond donors (Lipinski definition) is 1. The molecular weight excluding hydrogens is 168 g/mol. The molecule has 0 aliphatic rings. The van der Waals surface area contributed by atoms with E-state index in [2.05, 4.69) is 10.1 Å². The Balaban J connectivity index is 2.87. The van der Waals surface area contributed by atoms with Crippen molar-refractivity contribution in [3.8, 4) is 0 Å². The quantitative estimate of drug-likeness (QED) is 0.635. The molecule has 2 N–H and O–H groups in total. The van der Waals surface area contributed by atoms with Gasteiger partial charge in [-0.1, -0.05) is 0 Å². The van der Waals surface area contributed by atoms with Crippen molar-refractivity contribution in [1.29, 1.82) is 0 Å². The average molecular weight is 175 g/mol. The molecule has 0 aliphatic carbocycles. The Morgan fingerprint density at radius 2 is 2.55 bits per heavy atom. The highest BCUT2D eigenvalue weighted by molar-refractivity contribution is 6.17. The van der Waals surface area contributed by atoms with Crippen molar-refractivity contribution >= 4 is 17.5 Å². The lowest BCUT2D eigenvalue weighted by Crippen LogP contribution is -2.19. The van der Waals surface area contributed by atoms with Crippen LogP contribution in [0.2, 0.25) is 0 Å². The molecule has 60 valence electrons. The number of carbonyl (C=O) groups excluding carboxylic acids is 1. The predicted octanol–water partition coefficient (Wildman–Crippen LogP) is -0.384. The van der Waals surface area contributed by atoms with Crippen molar-refractivity contribution in [3.63, 3.8) is 0 Å². The molecule has 5 nitrogen and oxygen atoms in total. The van der Waals surface area contributed by atoms with Gasteiger partial charge in [0, 0.05) is 5.88 Å². The van der Waals surface area contributed by atoms with E-state index in [4.69, 9.17) is 17.3 Å². The molecule has 1 amide bonds. The van der Waals surface area contributed by atoms with Gasteiger partial charge in [0.05, 0.1) is 6.54 Å². The molecule has 1 aromatic heterocycles. The van der Waals surface area contributed by atoms with Crippen LogP contribution in [0.3, 0.4) is 0 Å². The fraction of sp³-hybridized carbons (Fsp3) is 0.400. The number of alkyl halides is 1. The molecule has 0 fully saturated rings. The van der Waals surface area contributed by atoms with Crippen molar-refractivity contribution in [2.45, 2.75) is 6.54 Å². The molecule has 1 aromatic rings. The summed E-state index contributed by atoms with van der Waals surface area (Å²) in [5.74, 6) is -0.0674. The first-order valence-electron chi connectivity index (χ1n) is 2.99. The zero-order valence-electron chi connectivity index (χ0n) is 5.70. The number of rotatable bonds is 3. The monoisotopic (exact) mass is 174 g/mol. The molecule has 0 saturated heterocycles. The number of hydrogen-bond acceptors (Lipinski definition) is 3. The number of nitrogens with zero attached hydrogens (tertiary/aromatic N) is 3. The zero-order chi connectivity index (χ0) is 8.27. The molecule has 0 spiro atoms. The van der Waals surface area contributed by atoms with Gasteiger partial charge in [-0.05, 0) is 0 Å². The second-order valence-corrected chi connectivity index (χ2v) is 2.24. The number of amides is 1. The van der Waals surface area contributed by atoms with Crippen LogP contribution in [-0.2, 0) is 6.54 Å². The molecule has 1 heterocycles. The van der Waals surface area contributed by atoms with Crippen LogP contribution in [0.1, 0.15) is 10.6 Å². The molecule has 0 bridgehead atoms. The van der Waals surface area contributed by atoms with E-state index < -0.39 is 5.91 Å². The lowest BCUT2D eigenvalue weighted by Gasteiger charge is -1.97. The van der Waals surface area contributed by atoms with Crippen molar-refractivity contribution in [2.24, 2.45) is 5.73 Å². The van der Waals surface area contributed by atoms with Crippen LogP contribution in [0.25, 0.3) is 0 Å². The molecular formula is C5H7ClN4O. The van der Waals surface area contributed by atoms with Gasteiger partial charge < -0.3 is 5.73 Å². The highest BCUT2D eigenvalue weighted by atomic mass is 35.5. The van der Waals surface area contributed by atoms with Crippen LogP contribution in [0.5, 0.6) is 0 Å². The first-order chi connectivity index (χ1) is 5.25. The number of halogens is 1. The summed E-state index contributed by atoms with van der Waals surface area (Å²) in [6.07, 6.45) is 1.27. The van der Waals surface area contributed by atoms with Gasteiger partial charge in [-0.3, -0.25) is 4.79 Å². The van der Waals surface area contributed by atoms with Gasteiger partial charge in [0.2, 0.25) is 5.82 Å². The number of nitrogens with two attached hydrogens (primary N) is 1. The molecule has 0 atom stereocenters. The second-order valence-electron chi connectivity index (χ2n) is 1.86. The van der Waals surface area contributed by atoms with E-state index in [1.807, 2.05) is 0 Å². The van der Waals surface area contributed by atoms with Crippen molar-refractivity contribution in [1.82, 2.24) is 14.8 Å². The van der Waals surface area contributed by atoms with Gasteiger partial charge in [-0.15, -0.1) is 11.6 Å². The van der Waals surface area contributed by atoms with Crippen molar-refractivity contribution in [3.05, 3.63) is 12.2 Å². The van der Waals surface area contributed by atoms with E-state index in [1.54, 1.807) is 0 Å². The number of aromatic nitrogens is 3. The maximum atomic E-state index is 10.6. The third-order valence-corrected chi connectivity index (χ3v) is 1.30. The number of primary amides is 1. The Morgan fingerprint density at radius 3 is 3.09 bits per heavy atom. The van der Waals surface area contributed by atoms with Crippen LogP contribution >= 0.6 is 11.6 Å². The minimum atomic E-state index is -0.590. The SMILES string of the molecule is NC(=O)c1ncnn1CCCl. The maximum Gasteiger partial charge on any atom is 0.286 e. The fourth-order valence-electron chi connectivity index (χ4n) is 0.699.